The maximum absolute atomic E-state index is 12.4. The smallest absolute Gasteiger partial charge is 0.258 e. The molecule has 2 aromatic carbocycles. The Balaban J connectivity index is 1.59. The monoisotopic (exact) mass is 418 g/mol. The minimum absolute atomic E-state index is 0.0421. The number of ether oxygens (including phenoxy) is 3. The van der Waals surface area contributed by atoms with Crippen molar-refractivity contribution in [2.45, 2.75) is 13.0 Å². The van der Waals surface area contributed by atoms with Gasteiger partial charge in [-0.15, -0.1) is 0 Å². The fourth-order valence-corrected chi connectivity index (χ4v) is 3.41. The Bertz CT molecular complexity index is 807. The highest BCUT2D eigenvalue weighted by molar-refractivity contribution is 6.31. The van der Waals surface area contributed by atoms with Crippen LogP contribution in [-0.2, 0) is 9.53 Å². The van der Waals surface area contributed by atoms with Crippen molar-refractivity contribution in [2.24, 2.45) is 0 Å². The molecule has 1 aliphatic heterocycles. The molecule has 0 bridgehead atoms. The number of halogens is 1. The van der Waals surface area contributed by atoms with Crippen LogP contribution in [0.25, 0.3) is 0 Å². The van der Waals surface area contributed by atoms with Crippen molar-refractivity contribution in [1.82, 2.24) is 10.2 Å². The quantitative estimate of drug-likeness (QED) is 0.713. The minimum atomic E-state index is -0.163. The molecule has 0 saturated carbocycles. The van der Waals surface area contributed by atoms with E-state index in [0.717, 1.165) is 30.0 Å². The van der Waals surface area contributed by atoms with Crippen LogP contribution in [0.15, 0.2) is 42.5 Å². The molecule has 6 nitrogen and oxygen atoms in total. The highest BCUT2D eigenvalue weighted by Gasteiger charge is 2.23. The van der Waals surface area contributed by atoms with Crippen LogP contribution in [-0.4, -0.2) is 57.4 Å². The molecule has 1 atom stereocenters. The predicted molar refractivity (Wildman–Crippen MR) is 113 cm³/mol. The van der Waals surface area contributed by atoms with Crippen LogP contribution in [0.4, 0.5) is 0 Å². The number of nitrogens with one attached hydrogen (secondary N) is 1. The van der Waals surface area contributed by atoms with Crippen LogP contribution in [0.2, 0.25) is 5.02 Å². The fraction of sp³-hybridized carbons (Fsp3) is 0.409. The molecule has 156 valence electrons. The number of nitrogens with zero attached hydrogens (tertiary/aromatic N) is 1. The highest BCUT2D eigenvalue weighted by Crippen LogP contribution is 2.24. The lowest BCUT2D eigenvalue weighted by molar-refractivity contribution is -0.123. The third-order valence-electron chi connectivity index (χ3n) is 4.98. The van der Waals surface area contributed by atoms with Gasteiger partial charge in [-0.3, -0.25) is 9.69 Å². The Kier molecular flexibility index (Phi) is 7.75. The first-order valence-corrected chi connectivity index (χ1v) is 10.1. The van der Waals surface area contributed by atoms with E-state index in [0.29, 0.717) is 30.5 Å². The van der Waals surface area contributed by atoms with Gasteiger partial charge in [0.1, 0.15) is 11.5 Å². The highest BCUT2D eigenvalue weighted by atomic mass is 35.5. The van der Waals surface area contributed by atoms with Crippen molar-refractivity contribution >= 4 is 17.5 Å². The Morgan fingerprint density at radius 2 is 1.86 bits per heavy atom. The summed E-state index contributed by atoms with van der Waals surface area (Å²) in [5, 5.41) is 3.68. The molecule has 3 rings (SSSR count). The molecule has 7 heteroatoms. The van der Waals surface area contributed by atoms with Crippen molar-refractivity contribution in [2.75, 3.05) is 46.6 Å². The van der Waals surface area contributed by atoms with E-state index >= 15 is 0 Å². The number of aryl methyl sites for hydroxylation is 1. The zero-order valence-electron chi connectivity index (χ0n) is 16.8. The van der Waals surface area contributed by atoms with Crippen molar-refractivity contribution < 1.29 is 19.0 Å². The average Bonchev–Trinajstić information content (AvgIpc) is 2.76. The molecular weight excluding hydrogens is 392 g/mol. The normalized spacial score (nSPS) is 15.6. The topological polar surface area (TPSA) is 60.0 Å². The number of morpholine rings is 1. The molecular formula is C22H27ClN2O4. The summed E-state index contributed by atoms with van der Waals surface area (Å²) in [5.74, 6) is 1.27. The van der Waals surface area contributed by atoms with Crippen LogP contribution >= 0.6 is 11.6 Å². The molecule has 0 radical (unpaired) electrons. The molecule has 1 fully saturated rings. The van der Waals surface area contributed by atoms with E-state index < -0.39 is 0 Å². The molecule has 1 aliphatic rings. The van der Waals surface area contributed by atoms with E-state index in [1.165, 1.54) is 0 Å². The van der Waals surface area contributed by atoms with Crippen molar-refractivity contribution in [1.29, 1.82) is 0 Å². The summed E-state index contributed by atoms with van der Waals surface area (Å²) in [6.45, 7) is 5.39. The van der Waals surface area contributed by atoms with E-state index in [-0.39, 0.29) is 18.6 Å². The molecule has 0 spiro atoms. The first-order chi connectivity index (χ1) is 14.1. The first-order valence-electron chi connectivity index (χ1n) is 9.68. The van der Waals surface area contributed by atoms with Gasteiger partial charge in [0.15, 0.2) is 6.61 Å². The summed E-state index contributed by atoms with van der Waals surface area (Å²) < 4.78 is 16.3. The van der Waals surface area contributed by atoms with Gasteiger partial charge in [0.25, 0.3) is 5.91 Å². The predicted octanol–water partition coefficient (Wildman–Crippen LogP) is 3.23. The van der Waals surface area contributed by atoms with Crippen LogP contribution in [0.5, 0.6) is 11.5 Å². The maximum Gasteiger partial charge on any atom is 0.258 e. The van der Waals surface area contributed by atoms with Crippen LogP contribution in [0.1, 0.15) is 17.2 Å². The van der Waals surface area contributed by atoms with E-state index in [2.05, 4.69) is 10.2 Å². The molecule has 0 unspecified atom stereocenters. The maximum atomic E-state index is 12.4. The summed E-state index contributed by atoms with van der Waals surface area (Å²) in [6, 6.07) is 13.4. The zero-order valence-corrected chi connectivity index (χ0v) is 17.6. The number of carbonyl (C=O) groups is 1. The lowest BCUT2D eigenvalue weighted by atomic mass is 10.0. The second-order valence-corrected chi connectivity index (χ2v) is 7.35. The number of rotatable bonds is 8. The van der Waals surface area contributed by atoms with Gasteiger partial charge in [0.05, 0.1) is 26.4 Å². The Morgan fingerprint density at radius 1 is 1.17 bits per heavy atom. The van der Waals surface area contributed by atoms with Gasteiger partial charge >= 0.3 is 0 Å². The van der Waals surface area contributed by atoms with Gasteiger partial charge in [0.2, 0.25) is 0 Å². The summed E-state index contributed by atoms with van der Waals surface area (Å²) >= 11 is 6.02. The average molecular weight is 419 g/mol. The number of benzene rings is 2. The van der Waals surface area contributed by atoms with Crippen molar-refractivity contribution in [3.05, 3.63) is 58.6 Å². The number of hydrogen-bond acceptors (Lipinski definition) is 5. The summed E-state index contributed by atoms with van der Waals surface area (Å²) in [6.07, 6.45) is 0. The molecule has 1 heterocycles. The van der Waals surface area contributed by atoms with Crippen LogP contribution in [0, 0.1) is 6.92 Å². The van der Waals surface area contributed by atoms with E-state index in [9.17, 15) is 4.79 Å². The molecule has 2 aromatic rings. The van der Waals surface area contributed by atoms with Gasteiger partial charge < -0.3 is 19.5 Å². The van der Waals surface area contributed by atoms with E-state index in [1.54, 1.807) is 19.2 Å². The summed E-state index contributed by atoms with van der Waals surface area (Å²) in [7, 11) is 1.65. The second kappa shape index (κ2) is 10.5. The Hall–Kier alpha value is -2.28. The Labute approximate surface area is 176 Å². The summed E-state index contributed by atoms with van der Waals surface area (Å²) in [4.78, 5) is 14.7. The Morgan fingerprint density at radius 3 is 2.52 bits per heavy atom. The van der Waals surface area contributed by atoms with Gasteiger partial charge in [-0.2, -0.15) is 0 Å². The van der Waals surface area contributed by atoms with Crippen molar-refractivity contribution in [3.63, 3.8) is 0 Å². The molecule has 29 heavy (non-hydrogen) atoms. The standard InChI is InChI=1S/C22H27ClN2O4/c1-16-13-19(7-8-20(16)23)29-15-22(26)24-14-21(25-9-11-28-12-10-25)17-3-5-18(27-2)6-4-17/h3-8,13,21H,9-12,14-15H2,1-2H3,(H,24,26)/t21-/m0/s1. The van der Waals surface area contributed by atoms with Gasteiger partial charge in [-0.25, -0.2) is 0 Å². The van der Waals surface area contributed by atoms with Crippen LogP contribution in [0.3, 0.4) is 0 Å². The molecule has 1 N–H and O–H groups in total. The van der Waals surface area contributed by atoms with Crippen LogP contribution < -0.4 is 14.8 Å². The lowest BCUT2D eigenvalue weighted by Gasteiger charge is -2.35. The molecule has 1 saturated heterocycles. The third-order valence-corrected chi connectivity index (χ3v) is 5.40. The summed E-state index contributed by atoms with van der Waals surface area (Å²) in [5.41, 5.74) is 2.04. The number of amides is 1. The number of carbonyl (C=O) groups excluding carboxylic acids is 1. The van der Waals surface area contributed by atoms with Gasteiger partial charge in [0, 0.05) is 24.7 Å². The van der Waals surface area contributed by atoms with E-state index in [1.807, 2.05) is 37.3 Å². The molecule has 1 amide bonds. The SMILES string of the molecule is COc1ccc([C@H](CNC(=O)COc2ccc(Cl)c(C)c2)N2CCOCC2)cc1. The van der Waals surface area contributed by atoms with Crippen molar-refractivity contribution in [3.8, 4) is 11.5 Å². The van der Waals surface area contributed by atoms with E-state index in [4.69, 9.17) is 25.8 Å². The molecule has 0 aromatic heterocycles. The molecule has 0 aliphatic carbocycles. The van der Waals surface area contributed by atoms with Gasteiger partial charge in [-0.1, -0.05) is 23.7 Å². The largest absolute Gasteiger partial charge is 0.497 e. The number of methoxy groups -OCH3 is 1. The zero-order chi connectivity index (χ0) is 20.6. The van der Waals surface area contributed by atoms with Gasteiger partial charge in [-0.05, 0) is 48.4 Å². The lowest BCUT2D eigenvalue weighted by Crippen LogP contribution is -2.44. The third kappa shape index (κ3) is 6.10. The first kappa shape index (κ1) is 21.4. The number of hydrogen-bond donors (Lipinski definition) is 1. The minimum Gasteiger partial charge on any atom is -0.497 e. The fourth-order valence-electron chi connectivity index (χ4n) is 3.29. The second-order valence-electron chi connectivity index (χ2n) is 6.94.